The Bertz CT molecular complexity index is 256. The fourth-order valence-corrected chi connectivity index (χ4v) is 2.69. The van der Waals surface area contributed by atoms with Gasteiger partial charge in [0.25, 0.3) is 0 Å². The van der Waals surface area contributed by atoms with E-state index in [1.807, 2.05) is 0 Å². The molecule has 2 saturated carbocycles. The summed E-state index contributed by atoms with van der Waals surface area (Å²) >= 11 is 5.54. The molecule has 0 spiro atoms. The summed E-state index contributed by atoms with van der Waals surface area (Å²) in [5, 5.41) is 5.90. The van der Waals surface area contributed by atoms with Gasteiger partial charge in [0.05, 0.1) is 0 Å². The van der Waals surface area contributed by atoms with Crippen molar-refractivity contribution in [1.82, 2.24) is 10.6 Å². The van der Waals surface area contributed by atoms with E-state index in [0.29, 0.717) is 30.3 Å². The Labute approximate surface area is 102 Å². The van der Waals surface area contributed by atoms with Crippen molar-refractivity contribution in [3.05, 3.63) is 0 Å². The number of hydrogen-bond donors (Lipinski definition) is 2. The molecule has 2 aliphatic rings. The lowest BCUT2D eigenvalue weighted by molar-refractivity contribution is 0.232. The Morgan fingerprint density at radius 2 is 1.81 bits per heavy atom. The maximum Gasteiger partial charge on any atom is 0.315 e. The van der Waals surface area contributed by atoms with E-state index in [1.54, 1.807) is 0 Å². The Kier molecular flexibility index (Phi) is 3.63. The smallest absolute Gasteiger partial charge is 0.315 e. The van der Waals surface area contributed by atoms with Crippen molar-refractivity contribution in [3.8, 4) is 0 Å². The van der Waals surface area contributed by atoms with Crippen LogP contribution in [0.2, 0.25) is 0 Å². The Balaban J connectivity index is 1.81. The Hall–Kier alpha value is -0.440. The van der Waals surface area contributed by atoms with Crippen molar-refractivity contribution < 1.29 is 4.79 Å². The molecule has 2 fully saturated rings. The summed E-state index contributed by atoms with van der Waals surface area (Å²) < 4.78 is 0. The fourth-order valence-electron chi connectivity index (χ4n) is 2.60. The van der Waals surface area contributed by atoms with Gasteiger partial charge in [-0.2, -0.15) is 0 Å². The first-order chi connectivity index (χ1) is 7.63. The standard InChI is InChI=1S/C12H21ClN2O/c1-7-5-9(7)11(10-6-8(10)2)15-12(16)14-4-3-13/h7-11H,3-6H2,1-2H3,(H2,14,15,16). The molecule has 2 amide bonds. The average molecular weight is 245 g/mol. The van der Waals surface area contributed by atoms with E-state index in [0.717, 1.165) is 11.8 Å². The zero-order valence-electron chi connectivity index (χ0n) is 10.0. The summed E-state index contributed by atoms with van der Waals surface area (Å²) in [6.45, 7) is 5.08. The second kappa shape index (κ2) is 4.82. The monoisotopic (exact) mass is 244 g/mol. The molecule has 0 aromatic rings. The topological polar surface area (TPSA) is 41.1 Å². The molecular formula is C12H21ClN2O. The molecule has 0 aromatic carbocycles. The first-order valence-electron chi connectivity index (χ1n) is 6.23. The van der Waals surface area contributed by atoms with E-state index in [4.69, 9.17) is 11.6 Å². The molecule has 3 nitrogen and oxygen atoms in total. The largest absolute Gasteiger partial charge is 0.337 e. The highest BCUT2D eigenvalue weighted by Gasteiger charge is 2.50. The van der Waals surface area contributed by atoms with Gasteiger partial charge in [0.2, 0.25) is 0 Å². The molecule has 2 N–H and O–H groups in total. The number of carbonyl (C=O) groups is 1. The number of alkyl halides is 1. The quantitative estimate of drug-likeness (QED) is 0.716. The zero-order chi connectivity index (χ0) is 11.7. The fraction of sp³-hybridized carbons (Fsp3) is 0.917. The lowest BCUT2D eigenvalue weighted by Gasteiger charge is -2.19. The molecule has 2 rings (SSSR count). The summed E-state index contributed by atoms with van der Waals surface area (Å²) in [5.41, 5.74) is 0. The van der Waals surface area contributed by atoms with E-state index in [1.165, 1.54) is 12.8 Å². The summed E-state index contributed by atoms with van der Waals surface area (Å²) in [6, 6.07) is 0.337. The normalized spacial score (nSPS) is 37.7. The predicted molar refractivity (Wildman–Crippen MR) is 65.6 cm³/mol. The maximum atomic E-state index is 11.6. The van der Waals surface area contributed by atoms with Crippen molar-refractivity contribution >= 4 is 17.6 Å². The maximum absolute atomic E-state index is 11.6. The summed E-state index contributed by atoms with van der Waals surface area (Å²) in [4.78, 5) is 11.6. The predicted octanol–water partition coefficient (Wildman–Crippen LogP) is 2.21. The van der Waals surface area contributed by atoms with Crippen molar-refractivity contribution in [1.29, 1.82) is 0 Å². The number of halogens is 1. The van der Waals surface area contributed by atoms with Crippen LogP contribution in [-0.4, -0.2) is 24.5 Å². The highest BCUT2D eigenvalue weighted by Crippen LogP contribution is 2.51. The van der Waals surface area contributed by atoms with E-state index < -0.39 is 0 Å². The van der Waals surface area contributed by atoms with Gasteiger partial charge < -0.3 is 10.6 Å². The summed E-state index contributed by atoms with van der Waals surface area (Å²) in [6.07, 6.45) is 2.54. The molecule has 4 atom stereocenters. The van der Waals surface area contributed by atoms with Crippen LogP contribution in [0.4, 0.5) is 4.79 Å². The van der Waals surface area contributed by atoms with Gasteiger partial charge in [-0.1, -0.05) is 13.8 Å². The van der Waals surface area contributed by atoms with Crippen LogP contribution in [0.1, 0.15) is 26.7 Å². The number of amides is 2. The van der Waals surface area contributed by atoms with E-state index in [2.05, 4.69) is 24.5 Å². The first kappa shape index (κ1) is 12.0. The zero-order valence-corrected chi connectivity index (χ0v) is 10.8. The number of carbonyl (C=O) groups excluding carboxylic acids is 1. The minimum absolute atomic E-state index is 0.0520. The van der Waals surface area contributed by atoms with Crippen LogP contribution in [0.5, 0.6) is 0 Å². The van der Waals surface area contributed by atoms with Crippen molar-refractivity contribution in [3.63, 3.8) is 0 Å². The second-order valence-corrected chi connectivity index (χ2v) is 5.75. The van der Waals surface area contributed by atoms with E-state index in [9.17, 15) is 4.79 Å². The lowest BCUT2D eigenvalue weighted by atomic mass is 10.0. The van der Waals surface area contributed by atoms with E-state index >= 15 is 0 Å². The highest BCUT2D eigenvalue weighted by atomic mass is 35.5. The van der Waals surface area contributed by atoms with Crippen LogP contribution in [0.15, 0.2) is 0 Å². The molecule has 0 aliphatic heterocycles. The molecule has 0 radical (unpaired) electrons. The van der Waals surface area contributed by atoms with Gasteiger partial charge in [-0.15, -0.1) is 11.6 Å². The molecule has 0 bridgehead atoms. The molecule has 2 aliphatic carbocycles. The van der Waals surface area contributed by atoms with Crippen LogP contribution < -0.4 is 10.6 Å². The number of urea groups is 1. The van der Waals surface area contributed by atoms with Gasteiger partial charge >= 0.3 is 6.03 Å². The highest BCUT2D eigenvalue weighted by molar-refractivity contribution is 6.18. The molecule has 0 heterocycles. The van der Waals surface area contributed by atoms with Gasteiger partial charge in [0.1, 0.15) is 0 Å². The van der Waals surface area contributed by atoms with Crippen molar-refractivity contribution in [2.24, 2.45) is 23.7 Å². The van der Waals surface area contributed by atoms with Crippen molar-refractivity contribution in [2.75, 3.05) is 12.4 Å². The van der Waals surface area contributed by atoms with E-state index in [-0.39, 0.29) is 6.03 Å². The number of rotatable bonds is 5. The first-order valence-corrected chi connectivity index (χ1v) is 6.77. The minimum atomic E-state index is -0.0520. The third-order valence-electron chi connectivity index (χ3n) is 3.94. The van der Waals surface area contributed by atoms with Crippen LogP contribution in [0, 0.1) is 23.7 Å². The summed E-state index contributed by atoms with van der Waals surface area (Å²) in [7, 11) is 0. The van der Waals surface area contributed by atoms with Crippen molar-refractivity contribution in [2.45, 2.75) is 32.7 Å². The van der Waals surface area contributed by atoms with Crippen LogP contribution in [0.3, 0.4) is 0 Å². The summed E-state index contributed by atoms with van der Waals surface area (Å²) in [5.74, 6) is 3.45. The number of hydrogen-bond acceptors (Lipinski definition) is 1. The molecule has 0 aromatic heterocycles. The van der Waals surface area contributed by atoms with Gasteiger partial charge in [0.15, 0.2) is 0 Å². The number of nitrogens with one attached hydrogen (secondary N) is 2. The molecule has 4 unspecified atom stereocenters. The second-order valence-electron chi connectivity index (χ2n) is 5.37. The lowest BCUT2D eigenvalue weighted by Crippen LogP contribution is -2.45. The Morgan fingerprint density at radius 1 is 1.31 bits per heavy atom. The third kappa shape index (κ3) is 2.82. The average Bonchev–Trinajstić information content (AvgIpc) is 3.12. The molecule has 92 valence electrons. The molecular weight excluding hydrogens is 224 g/mol. The third-order valence-corrected chi connectivity index (χ3v) is 4.13. The van der Waals surface area contributed by atoms with Gasteiger partial charge in [-0.25, -0.2) is 4.79 Å². The SMILES string of the molecule is CC1CC1C(NC(=O)NCCCl)C1CC1C. The molecule has 0 saturated heterocycles. The van der Waals surface area contributed by atoms with Crippen LogP contribution in [-0.2, 0) is 0 Å². The van der Waals surface area contributed by atoms with Gasteiger partial charge in [0, 0.05) is 18.5 Å². The van der Waals surface area contributed by atoms with Crippen LogP contribution >= 0.6 is 11.6 Å². The van der Waals surface area contributed by atoms with Gasteiger partial charge in [-0.3, -0.25) is 0 Å². The van der Waals surface area contributed by atoms with Crippen LogP contribution in [0.25, 0.3) is 0 Å². The van der Waals surface area contributed by atoms with Gasteiger partial charge in [-0.05, 0) is 36.5 Å². The Morgan fingerprint density at radius 3 is 2.19 bits per heavy atom. The molecule has 4 heteroatoms. The minimum Gasteiger partial charge on any atom is -0.337 e. The molecule has 16 heavy (non-hydrogen) atoms.